The maximum Gasteiger partial charge on any atom is 0.255 e. The van der Waals surface area contributed by atoms with Gasteiger partial charge in [0.1, 0.15) is 10.6 Å². The Labute approximate surface area is 187 Å². The zero-order chi connectivity index (χ0) is 21.9. The largest absolute Gasteiger partial charge is 0.497 e. The molecule has 9 heteroatoms. The van der Waals surface area contributed by atoms with E-state index in [4.69, 9.17) is 33.1 Å². The maximum absolute atomic E-state index is 12.9. The summed E-state index contributed by atoms with van der Waals surface area (Å²) in [7, 11) is -2.40. The first kappa shape index (κ1) is 22.9. The molecule has 30 heavy (non-hydrogen) atoms. The van der Waals surface area contributed by atoms with Gasteiger partial charge >= 0.3 is 0 Å². The second-order valence-electron chi connectivity index (χ2n) is 7.43. The Hall–Kier alpha value is -1.80. The summed E-state index contributed by atoms with van der Waals surface area (Å²) in [6.07, 6.45) is 3.79. The molecular weight excluding hydrogens is 447 g/mol. The van der Waals surface area contributed by atoms with Crippen molar-refractivity contribution >= 4 is 39.1 Å². The number of hydrogen-bond acceptors (Lipinski definition) is 4. The van der Waals surface area contributed by atoms with Crippen LogP contribution in [0.4, 0.5) is 0 Å². The minimum Gasteiger partial charge on any atom is -0.497 e. The van der Waals surface area contributed by atoms with Gasteiger partial charge in [-0.3, -0.25) is 4.79 Å². The molecule has 0 atom stereocenters. The van der Waals surface area contributed by atoms with Crippen molar-refractivity contribution in [2.24, 2.45) is 11.1 Å². The number of benzene rings is 2. The minimum atomic E-state index is -4.05. The number of aryl methyl sites for hydroxylation is 1. The molecule has 0 unspecified atom stereocenters. The summed E-state index contributed by atoms with van der Waals surface area (Å²) in [5, 5.41) is 5.19. The number of sulfonamides is 1. The van der Waals surface area contributed by atoms with E-state index in [1.165, 1.54) is 11.6 Å². The van der Waals surface area contributed by atoms with E-state index in [2.05, 4.69) is 12.1 Å². The summed E-state index contributed by atoms with van der Waals surface area (Å²) in [5.41, 5.74) is 1.36. The van der Waals surface area contributed by atoms with Crippen molar-refractivity contribution in [3.05, 3.63) is 57.6 Å². The Balaban J connectivity index is 1.60. The first-order valence-electron chi connectivity index (χ1n) is 9.63. The van der Waals surface area contributed by atoms with Gasteiger partial charge in [-0.1, -0.05) is 35.3 Å². The molecule has 0 spiro atoms. The quantitative estimate of drug-likeness (QED) is 0.686. The van der Waals surface area contributed by atoms with Crippen LogP contribution in [0.15, 0.2) is 41.3 Å². The van der Waals surface area contributed by atoms with Gasteiger partial charge in [0, 0.05) is 13.1 Å². The van der Waals surface area contributed by atoms with Gasteiger partial charge in [-0.25, -0.2) is 13.6 Å². The lowest BCUT2D eigenvalue weighted by molar-refractivity contribution is 0.0687. The molecule has 0 aliphatic carbocycles. The lowest BCUT2D eigenvalue weighted by Crippen LogP contribution is -2.38. The molecule has 2 N–H and O–H groups in total. The molecule has 0 aromatic heterocycles. The predicted molar refractivity (Wildman–Crippen MR) is 118 cm³/mol. The first-order valence-corrected chi connectivity index (χ1v) is 11.9. The third-order valence-corrected chi connectivity index (χ3v) is 7.15. The highest BCUT2D eigenvalue weighted by Crippen LogP contribution is 2.30. The van der Waals surface area contributed by atoms with Crippen molar-refractivity contribution in [3.8, 4) is 5.75 Å². The van der Waals surface area contributed by atoms with Crippen LogP contribution in [0.25, 0.3) is 0 Å². The van der Waals surface area contributed by atoms with E-state index in [0.717, 1.165) is 37.5 Å². The summed E-state index contributed by atoms with van der Waals surface area (Å²) in [6.45, 7) is 1.19. The van der Waals surface area contributed by atoms with Crippen molar-refractivity contribution < 1.29 is 17.9 Å². The Bertz CT molecular complexity index is 1020. The number of rotatable bonds is 6. The van der Waals surface area contributed by atoms with Gasteiger partial charge in [-0.2, -0.15) is 0 Å². The number of nitrogens with zero attached hydrogens (tertiary/aromatic N) is 1. The standard InChI is InChI=1S/C21H24Cl2N2O4S/c1-29-16-6-4-14(5-7-16)2-3-15-8-10-25(11-9-15)21(26)17-12-20(30(24,27)28)19(23)13-18(17)22/h4-7,12-13,15H,2-3,8-11H2,1H3,(H2,24,27,28). The van der Waals surface area contributed by atoms with E-state index in [1.807, 2.05) is 12.1 Å². The van der Waals surface area contributed by atoms with Crippen LogP contribution < -0.4 is 9.88 Å². The van der Waals surface area contributed by atoms with Crippen molar-refractivity contribution in [2.75, 3.05) is 20.2 Å². The summed E-state index contributed by atoms with van der Waals surface area (Å²) in [6, 6.07) is 10.5. The van der Waals surface area contributed by atoms with Crippen LogP contribution in [0.5, 0.6) is 5.75 Å². The smallest absolute Gasteiger partial charge is 0.255 e. The zero-order valence-electron chi connectivity index (χ0n) is 16.6. The molecule has 1 fully saturated rings. The summed E-state index contributed by atoms with van der Waals surface area (Å²) in [5.74, 6) is 1.06. The van der Waals surface area contributed by atoms with E-state index >= 15 is 0 Å². The second kappa shape index (κ2) is 9.56. The number of hydrogen-bond donors (Lipinski definition) is 1. The molecular formula is C21H24Cl2N2O4S. The molecule has 1 saturated heterocycles. The SMILES string of the molecule is COc1ccc(CCC2CCN(C(=O)c3cc(S(N)(=O)=O)c(Cl)cc3Cl)CC2)cc1. The van der Waals surface area contributed by atoms with E-state index < -0.39 is 10.0 Å². The molecule has 6 nitrogen and oxygen atoms in total. The van der Waals surface area contributed by atoms with Crippen molar-refractivity contribution in [3.63, 3.8) is 0 Å². The number of nitrogens with two attached hydrogens (primary N) is 1. The molecule has 1 heterocycles. The van der Waals surface area contributed by atoms with E-state index in [9.17, 15) is 13.2 Å². The molecule has 1 aliphatic heterocycles. The normalized spacial score (nSPS) is 15.3. The van der Waals surface area contributed by atoms with Crippen LogP contribution in [-0.2, 0) is 16.4 Å². The van der Waals surface area contributed by atoms with Crippen molar-refractivity contribution in [1.29, 1.82) is 0 Å². The van der Waals surface area contributed by atoms with Crippen molar-refractivity contribution in [1.82, 2.24) is 4.90 Å². The summed E-state index contributed by atoms with van der Waals surface area (Å²) >= 11 is 12.1. The topological polar surface area (TPSA) is 89.7 Å². The van der Waals surface area contributed by atoms with Gasteiger partial charge in [0.25, 0.3) is 5.91 Å². The number of amides is 1. The maximum atomic E-state index is 12.9. The van der Waals surface area contributed by atoms with Gasteiger partial charge in [0.15, 0.2) is 0 Å². The molecule has 1 aliphatic rings. The minimum absolute atomic E-state index is 0.0989. The number of methoxy groups -OCH3 is 1. The Morgan fingerprint density at radius 3 is 2.33 bits per heavy atom. The Morgan fingerprint density at radius 2 is 1.77 bits per heavy atom. The number of likely N-dealkylation sites (tertiary alicyclic amines) is 1. The number of carbonyl (C=O) groups is 1. The fourth-order valence-corrected chi connectivity index (χ4v) is 5.07. The first-order chi connectivity index (χ1) is 14.2. The van der Waals surface area contributed by atoms with E-state index in [-0.39, 0.29) is 26.4 Å². The zero-order valence-corrected chi connectivity index (χ0v) is 18.9. The number of carbonyl (C=O) groups excluding carboxylic acids is 1. The third-order valence-electron chi connectivity index (χ3n) is 5.46. The van der Waals surface area contributed by atoms with Crippen LogP contribution in [0.3, 0.4) is 0 Å². The van der Waals surface area contributed by atoms with E-state index in [1.54, 1.807) is 12.0 Å². The number of piperidine rings is 1. The van der Waals surface area contributed by atoms with Crippen molar-refractivity contribution in [2.45, 2.75) is 30.6 Å². The monoisotopic (exact) mass is 470 g/mol. The average Bonchev–Trinajstić information content (AvgIpc) is 2.71. The van der Waals surface area contributed by atoms with Crippen LogP contribution in [0.1, 0.15) is 35.2 Å². The molecule has 2 aromatic carbocycles. The van der Waals surface area contributed by atoms with Gasteiger partial charge in [0.2, 0.25) is 10.0 Å². The molecule has 3 rings (SSSR count). The Morgan fingerprint density at radius 1 is 1.13 bits per heavy atom. The van der Waals surface area contributed by atoms with Gasteiger partial charge < -0.3 is 9.64 Å². The predicted octanol–water partition coefficient (Wildman–Crippen LogP) is 4.13. The van der Waals surface area contributed by atoms with Gasteiger partial charge in [0.05, 0.1) is 22.7 Å². The average molecular weight is 471 g/mol. The van der Waals surface area contributed by atoms with E-state index in [0.29, 0.717) is 19.0 Å². The highest BCUT2D eigenvalue weighted by molar-refractivity contribution is 7.89. The summed E-state index contributed by atoms with van der Waals surface area (Å²) in [4.78, 5) is 14.3. The number of ether oxygens (including phenoxy) is 1. The van der Waals surface area contributed by atoms with Crippen LogP contribution in [0, 0.1) is 5.92 Å². The second-order valence-corrected chi connectivity index (χ2v) is 9.77. The third kappa shape index (κ3) is 5.46. The van der Waals surface area contributed by atoms with Gasteiger partial charge in [-0.05, 0) is 61.4 Å². The molecule has 0 radical (unpaired) electrons. The molecule has 2 aromatic rings. The Kier molecular flexibility index (Phi) is 7.29. The van der Waals surface area contributed by atoms with Crippen LogP contribution >= 0.6 is 23.2 Å². The number of primary sulfonamides is 1. The fraction of sp³-hybridized carbons (Fsp3) is 0.381. The molecule has 1 amide bonds. The molecule has 0 bridgehead atoms. The highest BCUT2D eigenvalue weighted by Gasteiger charge is 2.27. The highest BCUT2D eigenvalue weighted by atomic mass is 35.5. The van der Waals surface area contributed by atoms with Crippen LogP contribution in [0.2, 0.25) is 10.0 Å². The fourth-order valence-electron chi connectivity index (χ4n) is 3.67. The van der Waals surface area contributed by atoms with Gasteiger partial charge in [-0.15, -0.1) is 0 Å². The molecule has 0 saturated carbocycles. The lowest BCUT2D eigenvalue weighted by atomic mass is 9.90. The summed E-state index contributed by atoms with van der Waals surface area (Å²) < 4.78 is 28.6. The molecule has 162 valence electrons. The number of halogens is 2. The lowest BCUT2D eigenvalue weighted by Gasteiger charge is -2.32. The van der Waals surface area contributed by atoms with Crippen LogP contribution in [-0.4, -0.2) is 39.4 Å².